The summed E-state index contributed by atoms with van der Waals surface area (Å²) in [6.45, 7) is 5.03. The molecule has 4 atom stereocenters. The van der Waals surface area contributed by atoms with Crippen LogP contribution in [0.15, 0.2) is 54.9 Å². The highest BCUT2D eigenvalue weighted by Gasteiger charge is 2.48. The molecule has 3 aliphatic rings. The molecule has 1 aliphatic heterocycles. The van der Waals surface area contributed by atoms with Gasteiger partial charge in [0.1, 0.15) is 18.0 Å². The number of aromatic nitrogens is 1. The van der Waals surface area contributed by atoms with Crippen molar-refractivity contribution in [1.82, 2.24) is 15.2 Å². The van der Waals surface area contributed by atoms with Gasteiger partial charge in [-0.05, 0) is 92.3 Å². The first kappa shape index (κ1) is 37.6. The zero-order valence-corrected chi connectivity index (χ0v) is 29.9. The third kappa shape index (κ3) is 9.65. The maximum atomic E-state index is 12.5. The number of carbonyl (C=O) groups is 1. The summed E-state index contributed by atoms with van der Waals surface area (Å²) >= 11 is 6.78. The fraction of sp³-hybridized carbons (Fsp3) is 0.538. The molecule has 0 unspecified atom stereocenters. The number of β-amino-alcohol motifs (C(OH)–C–C–N with tert-alkyl or cyclic N) is 1. The Balaban J connectivity index is 0.968. The van der Waals surface area contributed by atoms with Crippen LogP contribution in [0.25, 0.3) is 11.1 Å². The molecule has 276 valence electrons. The minimum atomic E-state index is -1.87. The maximum absolute atomic E-state index is 12.5. The SMILES string of the molecule is Cc1cc(COC2(c3cnccc3-c3ccccc3OC3CC3)CC2)c(Cl)cc1CCCCNC(=O)[C@@H](O)[C@@H](O)[C@H](O)[C@@H](O)CN1CCOCC1. The monoisotopic (exact) mass is 723 g/mol. The quantitative estimate of drug-likeness (QED) is 0.123. The van der Waals surface area contributed by atoms with Crippen LogP contribution in [0.1, 0.15) is 60.8 Å². The molecule has 3 fully saturated rings. The topological polar surface area (TPSA) is 154 Å². The van der Waals surface area contributed by atoms with Gasteiger partial charge in [0, 0.05) is 54.7 Å². The van der Waals surface area contributed by atoms with Gasteiger partial charge in [0.05, 0.1) is 37.6 Å². The molecule has 0 spiro atoms. The van der Waals surface area contributed by atoms with Gasteiger partial charge >= 0.3 is 0 Å². The lowest BCUT2D eigenvalue weighted by atomic mass is 9.96. The molecule has 6 rings (SSSR count). The summed E-state index contributed by atoms with van der Waals surface area (Å²) in [7, 11) is 0. The van der Waals surface area contributed by atoms with Gasteiger partial charge in [-0.3, -0.25) is 14.7 Å². The molecule has 0 bridgehead atoms. The number of hydrogen-bond acceptors (Lipinski definition) is 10. The van der Waals surface area contributed by atoms with Crippen molar-refractivity contribution in [2.45, 2.75) is 94.6 Å². The van der Waals surface area contributed by atoms with Gasteiger partial charge < -0.3 is 40.0 Å². The average molecular weight is 724 g/mol. The lowest BCUT2D eigenvalue weighted by Crippen LogP contribution is -2.54. The summed E-state index contributed by atoms with van der Waals surface area (Å²) in [6.07, 6.45) is 3.45. The number of amides is 1. The fourth-order valence-corrected chi connectivity index (χ4v) is 6.86. The molecule has 1 aromatic heterocycles. The predicted octanol–water partition coefficient (Wildman–Crippen LogP) is 3.67. The van der Waals surface area contributed by atoms with Crippen LogP contribution in [0.5, 0.6) is 5.75 Å². The Bertz CT molecular complexity index is 1630. The van der Waals surface area contributed by atoms with Crippen molar-refractivity contribution in [3.63, 3.8) is 0 Å². The molecule has 12 heteroatoms. The van der Waals surface area contributed by atoms with Crippen LogP contribution in [0.3, 0.4) is 0 Å². The normalized spacial score (nSPS) is 19.6. The molecule has 2 heterocycles. The highest BCUT2D eigenvalue weighted by Crippen LogP contribution is 2.53. The largest absolute Gasteiger partial charge is 0.490 e. The average Bonchev–Trinajstić information content (AvgIpc) is 4.09. The van der Waals surface area contributed by atoms with Gasteiger partial charge in [-0.2, -0.15) is 0 Å². The number of pyridine rings is 1. The van der Waals surface area contributed by atoms with E-state index < -0.39 is 35.9 Å². The van der Waals surface area contributed by atoms with Crippen LogP contribution in [0.4, 0.5) is 0 Å². The first-order chi connectivity index (χ1) is 24.6. The Morgan fingerprint density at radius 2 is 1.80 bits per heavy atom. The van der Waals surface area contributed by atoms with Crippen molar-refractivity contribution in [2.24, 2.45) is 0 Å². The van der Waals surface area contributed by atoms with Crippen molar-refractivity contribution < 1.29 is 39.4 Å². The number of para-hydroxylation sites is 1. The number of carbonyl (C=O) groups excluding carboxylic acids is 1. The van der Waals surface area contributed by atoms with E-state index in [9.17, 15) is 25.2 Å². The van der Waals surface area contributed by atoms with Crippen molar-refractivity contribution in [3.05, 3.63) is 82.1 Å². The molecule has 5 N–H and O–H groups in total. The van der Waals surface area contributed by atoms with Gasteiger partial charge in [-0.1, -0.05) is 35.9 Å². The summed E-state index contributed by atoms with van der Waals surface area (Å²) in [5, 5.41) is 44.6. The number of hydrogen-bond donors (Lipinski definition) is 5. The van der Waals surface area contributed by atoms with E-state index in [-0.39, 0.29) is 13.1 Å². The van der Waals surface area contributed by atoms with Gasteiger partial charge in [0.25, 0.3) is 5.91 Å². The van der Waals surface area contributed by atoms with E-state index in [1.54, 1.807) is 0 Å². The Morgan fingerprint density at radius 1 is 1.04 bits per heavy atom. The van der Waals surface area contributed by atoms with Crippen LogP contribution in [0.2, 0.25) is 5.02 Å². The number of nitrogens with one attached hydrogen (secondary N) is 1. The summed E-state index contributed by atoms with van der Waals surface area (Å²) in [4.78, 5) is 18.8. The van der Waals surface area contributed by atoms with Gasteiger partial charge in [0.2, 0.25) is 0 Å². The van der Waals surface area contributed by atoms with E-state index in [4.69, 9.17) is 25.8 Å². The zero-order chi connectivity index (χ0) is 36.0. The number of aliphatic hydroxyl groups excluding tert-OH is 4. The highest BCUT2D eigenvalue weighted by molar-refractivity contribution is 6.31. The van der Waals surface area contributed by atoms with E-state index >= 15 is 0 Å². The van der Waals surface area contributed by atoms with Crippen molar-refractivity contribution in [1.29, 1.82) is 0 Å². The maximum Gasteiger partial charge on any atom is 0.251 e. The second kappa shape index (κ2) is 17.1. The number of rotatable bonds is 18. The van der Waals surface area contributed by atoms with Crippen LogP contribution in [-0.4, -0.2) is 106 Å². The lowest BCUT2D eigenvalue weighted by molar-refractivity contribution is -0.148. The van der Waals surface area contributed by atoms with Crippen LogP contribution in [0, 0.1) is 6.92 Å². The minimum absolute atomic E-state index is 0.103. The smallest absolute Gasteiger partial charge is 0.251 e. The van der Waals surface area contributed by atoms with Crippen LogP contribution >= 0.6 is 11.6 Å². The number of aryl methyl sites for hydroxylation is 2. The second-order valence-corrected chi connectivity index (χ2v) is 14.4. The van der Waals surface area contributed by atoms with Crippen LogP contribution < -0.4 is 10.1 Å². The lowest BCUT2D eigenvalue weighted by Gasteiger charge is -2.32. The summed E-state index contributed by atoms with van der Waals surface area (Å²) in [5.74, 6) is 0.0916. The number of ether oxygens (including phenoxy) is 3. The Morgan fingerprint density at radius 3 is 2.55 bits per heavy atom. The molecular formula is C39H50ClN3O8. The van der Waals surface area contributed by atoms with Crippen molar-refractivity contribution in [2.75, 3.05) is 39.4 Å². The third-order valence-electron chi connectivity index (χ3n) is 10.1. The van der Waals surface area contributed by atoms with Gasteiger partial charge in [-0.15, -0.1) is 0 Å². The standard InChI is InChI=1S/C39H50ClN3O8/c1-25-20-27(24-50-39(12-13-39)31-22-41-15-11-29(31)30-7-2-3-8-34(30)51-28-9-10-28)32(40)21-26(25)6-4-5-14-42-38(48)37(47)36(46)35(45)33(44)23-43-16-18-49-19-17-43/h2-3,7-8,11,15,20-22,28,33,35-37,44-47H,4-6,9-10,12-14,16-19,23-24H2,1H3,(H,42,48)/t33-,35+,36-,37-/m0/s1. The molecule has 1 amide bonds. The first-order valence-electron chi connectivity index (χ1n) is 18.1. The van der Waals surface area contributed by atoms with E-state index in [1.165, 1.54) is 0 Å². The van der Waals surface area contributed by atoms with E-state index in [0.717, 1.165) is 77.7 Å². The molecule has 3 aromatic rings. The van der Waals surface area contributed by atoms with E-state index in [2.05, 4.69) is 29.4 Å². The summed E-state index contributed by atoms with van der Waals surface area (Å²) in [5.41, 5.74) is 5.89. The predicted molar refractivity (Wildman–Crippen MR) is 192 cm³/mol. The molecular weight excluding hydrogens is 674 g/mol. The highest BCUT2D eigenvalue weighted by atomic mass is 35.5. The first-order valence-corrected chi connectivity index (χ1v) is 18.5. The number of aliphatic hydroxyl groups is 4. The van der Waals surface area contributed by atoms with Gasteiger partial charge in [0.15, 0.2) is 6.10 Å². The Kier molecular flexibility index (Phi) is 12.6. The van der Waals surface area contributed by atoms with E-state index in [1.807, 2.05) is 47.6 Å². The number of halogens is 1. The Hall–Kier alpha value is -3.13. The zero-order valence-electron chi connectivity index (χ0n) is 29.2. The molecule has 0 radical (unpaired) electrons. The van der Waals surface area contributed by atoms with Crippen LogP contribution in [-0.2, 0) is 32.9 Å². The molecule has 2 aromatic carbocycles. The third-order valence-corrected chi connectivity index (χ3v) is 10.4. The molecule has 2 saturated carbocycles. The number of unbranched alkanes of at least 4 members (excludes halogenated alkanes) is 1. The number of morpholine rings is 1. The van der Waals surface area contributed by atoms with Crippen molar-refractivity contribution >= 4 is 17.5 Å². The fourth-order valence-electron chi connectivity index (χ4n) is 6.62. The minimum Gasteiger partial charge on any atom is -0.490 e. The second-order valence-electron chi connectivity index (χ2n) is 14.0. The summed E-state index contributed by atoms with van der Waals surface area (Å²) in [6, 6.07) is 14.3. The summed E-state index contributed by atoms with van der Waals surface area (Å²) < 4.78 is 18.1. The number of benzene rings is 2. The number of nitrogens with zero attached hydrogens (tertiary/aromatic N) is 2. The molecule has 51 heavy (non-hydrogen) atoms. The molecule has 11 nitrogen and oxygen atoms in total. The molecule has 2 aliphatic carbocycles. The molecule has 1 saturated heterocycles. The van der Waals surface area contributed by atoms with Gasteiger partial charge in [-0.25, -0.2) is 0 Å². The van der Waals surface area contributed by atoms with Crippen molar-refractivity contribution in [3.8, 4) is 16.9 Å². The van der Waals surface area contributed by atoms with E-state index in [0.29, 0.717) is 50.5 Å². The Labute approximate surface area is 304 Å².